The zero-order chi connectivity index (χ0) is 32.4. The Labute approximate surface area is 269 Å². The summed E-state index contributed by atoms with van der Waals surface area (Å²) >= 11 is 0. The molecule has 236 valence electrons. The first kappa shape index (κ1) is 30.6. The van der Waals surface area contributed by atoms with Crippen molar-refractivity contribution in [3.8, 4) is 0 Å². The van der Waals surface area contributed by atoms with E-state index in [1.165, 1.54) is 20.7 Å². The van der Waals surface area contributed by atoms with Crippen molar-refractivity contribution < 1.29 is 21.2 Å². The highest BCUT2D eigenvalue weighted by molar-refractivity contribution is 7.89. The molecular weight excluding hydrogens is 622 g/mol. The second-order valence-corrected chi connectivity index (χ2v) is 16.2. The van der Waals surface area contributed by atoms with Crippen LogP contribution in [0.1, 0.15) is 34.9 Å². The predicted molar refractivity (Wildman–Crippen MR) is 177 cm³/mol. The number of benzene rings is 4. The summed E-state index contributed by atoms with van der Waals surface area (Å²) < 4.78 is 77.7. The number of fused-ring (bicyclic) bond motifs is 4. The van der Waals surface area contributed by atoms with Crippen molar-refractivity contribution in [1.82, 2.24) is 13.2 Å². The van der Waals surface area contributed by atoms with Gasteiger partial charge < -0.3 is 4.57 Å². The van der Waals surface area contributed by atoms with E-state index in [1.807, 2.05) is 61.7 Å². The van der Waals surface area contributed by atoms with Crippen LogP contribution in [0.25, 0.3) is 10.9 Å². The van der Waals surface area contributed by atoms with Crippen molar-refractivity contribution >= 4 is 30.9 Å². The molecule has 0 radical (unpaired) electrons. The van der Waals surface area contributed by atoms with Crippen molar-refractivity contribution in [3.63, 3.8) is 0 Å². The van der Waals surface area contributed by atoms with Gasteiger partial charge in [0.1, 0.15) is 5.82 Å². The molecular formula is C36H34FN3O4S2. The molecule has 7 rings (SSSR count). The molecule has 0 bridgehead atoms. The first-order valence-electron chi connectivity index (χ1n) is 15.1. The Morgan fingerprint density at radius 2 is 1.35 bits per heavy atom. The molecule has 0 saturated heterocycles. The fraction of sp³-hybridized carbons (Fsp3) is 0.222. The molecule has 10 heteroatoms. The van der Waals surface area contributed by atoms with Gasteiger partial charge in [0.2, 0.25) is 20.0 Å². The fourth-order valence-corrected chi connectivity index (χ4v) is 10.1. The number of aryl methyl sites for hydroxylation is 2. The first-order valence-corrected chi connectivity index (χ1v) is 18.0. The molecule has 0 aliphatic carbocycles. The third-order valence-corrected chi connectivity index (χ3v) is 12.8. The van der Waals surface area contributed by atoms with Gasteiger partial charge in [-0.2, -0.15) is 8.61 Å². The molecule has 1 atom stereocenters. The summed E-state index contributed by atoms with van der Waals surface area (Å²) in [6.45, 7) is 5.92. The van der Waals surface area contributed by atoms with Gasteiger partial charge >= 0.3 is 0 Å². The molecule has 5 aromatic rings. The van der Waals surface area contributed by atoms with Gasteiger partial charge in [0, 0.05) is 36.3 Å². The van der Waals surface area contributed by atoms with Gasteiger partial charge in [0.15, 0.2) is 0 Å². The summed E-state index contributed by atoms with van der Waals surface area (Å²) in [4.78, 5) is 0.250. The van der Waals surface area contributed by atoms with Crippen LogP contribution in [-0.4, -0.2) is 43.1 Å². The zero-order valence-electron chi connectivity index (χ0n) is 25.8. The molecule has 4 aromatic carbocycles. The molecule has 0 amide bonds. The summed E-state index contributed by atoms with van der Waals surface area (Å²) in [5.74, 6) is -0.433. The van der Waals surface area contributed by atoms with Gasteiger partial charge in [-0.15, -0.1) is 0 Å². The standard InChI is InChI=1S/C36H34FN3O4S2/c1-25-9-14-30(15-10-25)45(41,42)38-23-34-35(32-18-13-29(37)19-33(32)39(34)22-28-7-5-4-6-8-28)36(24-38)20-27(3)21-40(36)46(43,44)31-16-11-26(2)12-17-31/h4-20H,21-24H2,1-3H3. The van der Waals surface area contributed by atoms with Gasteiger partial charge in [0.25, 0.3) is 0 Å². The van der Waals surface area contributed by atoms with E-state index in [0.717, 1.165) is 22.3 Å². The van der Waals surface area contributed by atoms with Crippen LogP contribution < -0.4 is 0 Å². The van der Waals surface area contributed by atoms with Crippen LogP contribution in [-0.2, 0) is 38.7 Å². The van der Waals surface area contributed by atoms with E-state index in [4.69, 9.17) is 0 Å². The molecule has 0 N–H and O–H groups in total. The van der Waals surface area contributed by atoms with Crippen LogP contribution in [0.2, 0.25) is 0 Å². The quantitative estimate of drug-likeness (QED) is 0.196. The maximum atomic E-state index is 15.0. The highest BCUT2D eigenvalue weighted by Crippen LogP contribution is 2.50. The van der Waals surface area contributed by atoms with Crippen LogP contribution in [0.3, 0.4) is 0 Å². The second kappa shape index (κ2) is 11.0. The summed E-state index contributed by atoms with van der Waals surface area (Å²) in [5, 5.41) is 0.690. The Bertz CT molecular complexity index is 2230. The van der Waals surface area contributed by atoms with Gasteiger partial charge in [-0.25, -0.2) is 21.2 Å². The highest BCUT2D eigenvalue weighted by Gasteiger charge is 2.55. The third kappa shape index (κ3) is 4.91. The topological polar surface area (TPSA) is 79.7 Å². The zero-order valence-corrected chi connectivity index (χ0v) is 27.4. The Hall–Kier alpha value is -4.09. The van der Waals surface area contributed by atoms with Crippen LogP contribution in [0.4, 0.5) is 4.39 Å². The lowest BCUT2D eigenvalue weighted by atomic mass is 9.85. The minimum Gasteiger partial charge on any atom is -0.338 e. The highest BCUT2D eigenvalue weighted by atomic mass is 32.2. The number of sulfonamides is 2. The second-order valence-electron chi connectivity index (χ2n) is 12.4. The van der Waals surface area contributed by atoms with Crippen molar-refractivity contribution in [2.45, 2.75) is 49.2 Å². The third-order valence-electron chi connectivity index (χ3n) is 9.09. The van der Waals surface area contributed by atoms with E-state index >= 15 is 0 Å². The molecule has 0 saturated carbocycles. The molecule has 46 heavy (non-hydrogen) atoms. The Morgan fingerprint density at radius 3 is 1.98 bits per heavy atom. The maximum absolute atomic E-state index is 15.0. The van der Waals surface area contributed by atoms with E-state index in [2.05, 4.69) is 0 Å². The molecule has 0 fully saturated rings. The Morgan fingerprint density at radius 1 is 0.739 bits per heavy atom. The monoisotopic (exact) mass is 655 g/mol. The molecule has 1 aromatic heterocycles. The van der Waals surface area contributed by atoms with Crippen LogP contribution in [0.15, 0.2) is 119 Å². The average Bonchev–Trinajstić information content (AvgIpc) is 3.52. The number of halogens is 1. The van der Waals surface area contributed by atoms with Gasteiger partial charge in [0.05, 0.1) is 27.4 Å². The number of hydrogen-bond donors (Lipinski definition) is 0. The molecule has 1 unspecified atom stereocenters. The van der Waals surface area contributed by atoms with E-state index < -0.39 is 31.4 Å². The van der Waals surface area contributed by atoms with E-state index in [1.54, 1.807) is 54.6 Å². The van der Waals surface area contributed by atoms with Crippen molar-refractivity contribution in [3.05, 3.63) is 142 Å². The molecule has 2 aliphatic rings. The average molecular weight is 656 g/mol. The Balaban J connectivity index is 1.52. The van der Waals surface area contributed by atoms with Crippen LogP contribution in [0.5, 0.6) is 0 Å². The Kier molecular flexibility index (Phi) is 7.32. The van der Waals surface area contributed by atoms with Crippen molar-refractivity contribution in [2.75, 3.05) is 13.1 Å². The summed E-state index contributed by atoms with van der Waals surface area (Å²) in [5.41, 5.74) is 4.08. The molecule has 3 heterocycles. The van der Waals surface area contributed by atoms with Crippen LogP contribution >= 0.6 is 0 Å². The fourth-order valence-electron chi connectivity index (χ4n) is 6.92. The largest absolute Gasteiger partial charge is 0.338 e. The lowest BCUT2D eigenvalue weighted by Crippen LogP contribution is -2.56. The maximum Gasteiger partial charge on any atom is 0.244 e. The molecule has 2 aliphatic heterocycles. The number of hydrogen-bond acceptors (Lipinski definition) is 4. The lowest BCUT2D eigenvalue weighted by molar-refractivity contribution is 0.198. The van der Waals surface area contributed by atoms with E-state index in [-0.39, 0.29) is 29.4 Å². The predicted octanol–water partition coefficient (Wildman–Crippen LogP) is 6.50. The van der Waals surface area contributed by atoms with Gasteiger partial charge in [-0.1, -0.05) is 77.4 Å². The van der Waals surface area contributed by atoms with Crippen molar-refractivity contribution in [1.29, 1.82) is 0 Å². The molecule has 7 nitrogen and oxygen atoms in total. The van der Waals surface area contributed by atoms with Gasteiger partial charge in [-0.05, 0) is 68.8 Å². The SMILES string of the molecule is CC1=CC2(CN(S(=O)(=O)c3ccc(C)cc3)Cc3c2c2ccc(F)cc2n3Cc2ccccc2)N(S(=O)(=O)c2ccc(C)cc2)C1. The number of nitrogens with zero attached hydrogens (tertiary/aromatic N) is 3. The summed E-state index contributed by atoms with van der Waals surface area (Å²) in [7, 11) is -8.21. The van der Waals surface area contributed by atoms with E-state index in [9.17, 15) is 21.2 Å². The minimum atomic E-state index is -4.13. The van der Waals surface area contributed by atoms with Crippen LogP contribution in [0, 0.1) is 19.7 Å². The normalized spacial score (nSPS) is 19.1. The smallest absolute Gasteiger partial charge is 0.244 e. The first-order chi connectivity index (χ1) is 21.9. The minimum absolute atomic E-state index is 0.0122. The number of rotatable bonds is 6. The van der Waals surface area contributed by atoms with Gasteiger partial charge in [-0.3, -0.25) is 0 Å². The van der Waals surface area contributed by atoms with E-state index in [0.29, 0.717) is 28.7 Å². The molecule has 1 spiro atoms. The van der Waals surface area contributed by atoms with Crippen molar-refractivity contribution in [2.24, 2.45) is 0 Å². The number of aromatic nitrogens is 1. The lowest BCUT2D eigenvalue weighted by Gasteiger charge is -2.44. The summed E-state index contributed by atoms with van der Waals surface area (Å²) in [6.07, 6.45) is 1.89. The summed E-state index contributed by atoms with van der Waals surface area (Å²) in [6, 6.07) is 27.5.